The molecule has 0 aliphatic carbocycles. The number of hydrogen-bond donors (Lipinski definition) is 3. The van der Waals surface area contributed by atoms with Crippen LogP contribution in [0.15, 0.2) is 0 Å². The lowest BCUT2D eigenvalue weighted by molar-refractivity contribution is -0.127. The Labute approximate surface area is 130 Å². The van der Waals surface area contributed by atoms with Gasteiger partial charge in [0.05, 0.1) is 18.7 Å². The molecule has 0 spiro atoms. The molecule has 3 atom stereocenters. The third-order valence-electron chi connectivity index (χ3n) is 4.09. The van der Waals surface area contributed by atoms with Gasteiger partial charge in [-0.05, 0) is 32.1 Å². The van der Waals surface area contributed by atoms with Gasteiger partial charge in [0.2, 0.25) is 11.8 Å². The Morgan fingerprint density at radius 2 is 2.32 bits per heavy atom. The molecule has 0 bridgehead atoms. The molecule has 7 nitrogen and oxygen atoms in total. The number of hydrogen-bond acceptors (Lipinski definition) is 5. The van der Waals surface area contributed by atoms with Crippen molar-refractivity contribution in [3.05, 3.63) is 0 Å². The molecule has 2 amide bonds. The molecule has 0 saturated carbocycles. The summed E-state index contributed by atoms with van der Waals surface area (Å²) in [6.07, 6.45) is 4.35. The zero-order valence-electron chi connectivity index (χ0n) is 12.8. The molecule has 22 heavy (non-hydrogen) atoms. The molecule has 2 saturated heterocycles. The van der Waals surface area contributed by atoms with Crippen LogP contribution in [0.2, 0.25) is 0 Å². The standard InChI is InChI=1S/C15H24N4O3/c16-8-12(7-11-3-1-5-18-15(11)21)19-14(20)10-17-9-13-4-2-6-22-13/h11-13,17H,1-7,9-10H2,(H,18,21)(H,19,20). The van der Waals surface area contributed by atoms with Gasteiger partial charge in [-0.3, -0.25) is 9.59 Å². The van der Waals surface area contributed by atoms with Crippen LogP contribution >= 0.6 is 0 Å². The quantitative estimate of drug-likeness (QED) is 0.598. The fraction of sp³-hybridized carbons (Fsp3) is 0.800. The number of nitrogens with one attached hydrogen (secondary N) is 3. The van der Waals surface area contributed by atoms with Gasteiger partial charge < -0.3 is 20.7 Å². The van der Waals surface area contributed by atoms with Crippen molar-refractivity contribution in [2.24, 2.45) is 5.92 Å². The van der Waals surface area contributed by atoms with Crippen molar-refractivity contribution in [3.63, 3.8) is 0 Å². The molecule has 2 aliphatic rings. The zero-order valence-corrected chi connectivity index (χ0v) is 12.8. The summed E-state index contributed by atoms with van der Waals surface area (Å²) >= 11 is 0. The molecule has 3 unspecified atom stereocenters. The van der Waals surface area contributed by atoms with E-state index in [4.69, 9.17) is 10.00 Å². The van der Waals surface area contributed by atoms with Crippen LogP contribution in [0.4, 0.5) is 0 Å². The molecule has 3 N–H and O–H groups in total. The van der Waals surface area contributed by atoms with Gasteiger partial charge in [0.1, 0.15) is 6.04 Å². The van der Waals surface area contributed by atoms with Gasteiger partial charge in [-0.25, -0.2) is 0 Å². The summed E-state index contributed by atoms with van der Waals surface area (Å²) < 4.78 is 5.46. The van der Waals surface area contributed by atoms with Crippen molar-refractivity contribution in [1.82, 2.24) is 16.0 Å². The second-order valence-electron chi connectivity index (χ2n) is 5.88. The van der Waals surface area contributed by atoms with Crippen LogP contribution in [0.5, 0.6) is 0 Å². The first-order valence-electron chi connectivity index (χ1n) is 7.98. The summed E-state index contributed by atoms with van der Waals surface area (Å²) in [6.45, 7) is 2.30. The van der Waals surface area contributed by atoms with E-state index >= 15 is 0 Å². The Balaban J connectivity index is 1.66. The molecule has 7 heteroatoms. The molecule has 0 aromatic heterocycles. The number of ether oxygens (including phenoxy) is 1. The first kappa shape index (κ1) is 16.7. The summed E-state index contributed by atoms with van der Waals surface area (Å²) in [5, 5.41) is 17.7. The molecule has 2 heterocycles. The van der Waals surface area contributed by atoms with E-state index in [-0.39, 0.29) is 30.4 Å². The van der Waals surface area contributed by atoms with Crippen LogP contribution in [0.3, 0.4) is 0 Å². The highest BCUT2D eigenvalue weighted by molar-refractivity contribution is 5.80. The number of carbonyl (C=O) groups excluding carboxylic acids is 2. The minimum Gasteiger partial charge on any atom is -0.377 e. The molecule has 2 rings (SSSR count). The summed E-state index contributed by atoms with van der Waals surface area (Å²) in [5.41, 5.74) is 0. The molecular weight excluding hydrogens is 284 g/mol. The normalized spacial score (nSPS) is 26.0. The maximum Gasteiger partial charge on any atom is 0.234 e. The van der Waals surface area contributed by atoms with Crippen LogP contribution in [-0.4, -0.2) is 50.2 Å². The highest BCUT2D eigenvalue weighted by Crippen LogP contribution is 2.17. The Kier molecular flexibility index (Phi) is 6.62. The predicted molar refractivity (Wildman–Crippen MR) is 79.7 cm³/mol. The third kappa shape index (κ3) is 5.28. The molecule has 0 radical (unpaired) electrons. The van der Waals surface area contributed by atoms with Crippen molar-refractivity contribution in [2.75, 3.05) is 26.2 Å². The van der Waals surface area contributed by atoms with Crippen molar-refractivity contribution in [3.8, 4) is 6.07 Å². The molecule has 2 aliphatic heterocycles. The Hall–Kier alpha value is -1.65. The Bertz CT molecular complexity index is 429. The smallest absolute Gasteiger partial charge is 0.234 e. The number of amides is 2. The van der Waals surface area contributed by atoms with Crippen LogP contribution in [0.25, 0.3) is 0 Å². The van der Waals surface area contributed by atoms with E-state index < -0.39 is 6.04 Å². The average molecular weight is 308 g/mol. The van der Waals surface area contributed by atoms with Gasteiger partial charge in [-0.1, -0.05) is 0 Å². The molecular formula is C15H24N4O3. The van der Waals surface area contributed by atoms with Gasteiger partial charge in [0.25, 0.3) is 0 Å². The van der Waals surface area contributed by atoms with Crippen LogP contribution < -0.4 is 16.0 Å². The van der Waals surface area contributed by atoms with Crippen molar-refractivity contribution < 1.29 is 14.3 Å². The van der Waals surface area contributed by atoms with Gasteiger partial charge >= 0.3 is 0 Å². The second-order valence-corrected chi connectivity index (χ2v) is 5.88. The topological polar surface area (TPSA) is 103 Å². The van der Waals surface area contributed by atoms with E-state index in [1.54, 1.807) is 0 Å². The maximum absolute atomic E-state index is 11.8. The fourth-order valence-corrected chi connectivity index (χ4v) is 2.89. The van der Waals surface area contributed by atoms with E-state index in [9.17, 15) is 9.59 Å². The minimum atomic E-state index is -0.620. The van der Waals surface area contributed by atoms with Crippen molar-refractivity contribution >= 4 is 11.8 Å². The molecule has 0 aromatic rings. The Morgan fingerprint density at radius 3 is 3.00 bits per heavy atom. The van der Waals surface area contributed by atoms with E-state index in [0.29, 0.717) is 19.5 Å². The first-order valence-corrected chi connectivity index (χ1v) is 7.98. The first-order chi connectivity index (χ1) is 10.7. The maximum atomic E-state index is 11.8. The molecule has 122 valence electrons. The summed E-state index contributed by atoms with van der Waals surface area (Å²) in [5.74, 6) is -0.420. The molecule has 0 aromatic carbocycles. The molecule has 2 fully saturated rings. The van der Waals surface area contributed by atoms with E-state index in [1.807, 2.05) is 0 Å². The third-order valence-corrected chi connectivity index (χ3v) is 4.09. The largest absolute Gasteiger partial charge is 0.377 e. The zero-order chi connectivity index (χ0) is 15.8. The van der Waals surface area contributed by atoms with Crippen LogP contribution in [0.1, 0.15) is 32.1 Å². The lowest BCUT2D eigenvalue weighted by Crippen LogP contribution is -2.44. The van der Waals surface area contributed by atoms with E-state index in [0.717, 1.165) is 32.3 Å². The minimum absolute atomic E-state index is 0.0164. The fourth-order valence-electron chi connectivity index (χ4n) is 2.89. The van der Waals surface area contributed by atoms with Crippen LogP contribution in [0, 0.1) is 17.2 Å². The summed E-state index contributed by atoms with van der Waals surface area (Å²) in [7, 11) is 0. The summed E-state index contributed by atoms with van der Waals surface area (Å²) in [6, 6.07) is 1.45. The lowest BCUT2D eigenvalue weighted by atomic mass is 9.92. The van der Waals surface area contributed by atoms with Crippen LogP contribution in [-0.2, 0) is 14.3 Å². The SMILES string of the molecule is N#CC(CC1CCCNC1=O)NC(=O)CNCC1CCCO1. The number of nitriles is 1. The lowest BCUT2D eigenvalue weighted by Gasteiger charge is -2.23. The predicted octanol–water partition coefficient (Wildman–Crippen LogP) is -0.320. The van der Waals surface area contributed by atoms with Gasteiger partial charge in [0.15, 0.2) is 0 Å². The average Bonchev–Trinajstić information content (AvgIpc) is 3.02. The summed E-state index contributed by atoms with van der Waals surface area (Å²) in [4.78, 5) is 23.5. The Morgan fingerprint density at radius 1 is 1.45 bits per heavy atom. The van der Waals surface area contributed by atoms with E-state index in [2.05, 4.69) is 22.0 Å². The van der Waals surface area contributed by atoms with Crippen molar-refractivity contribution in [2.45, 2.75) is 44.2 Å². The number of piperidine rings is 1. The second kappa shape index (κ2) is 8.71. The monoisotopic (exact) mass is 308 g/mol. The van der Waals surface area contributed by atoms with E-state index in [1.165, 1.54) is 0 Å². The highest BCUT2D eigenvalue weighted by atomic mass is 16.5. The number of carbonyl (C=O) groups is 2. The highest BCUT2D eigenvalue weighted by Gasteiger charge is 2.26. The van der Waals surface area contributed by atoms with Crippen molar-refractivity contribution in [1.29, 1.82) is 5.26 Å². The number of rotatable bonds is 7. The van der Waals surface area contributed by atoms with Gasteiger partial charge in [-0.15, -0.1) is 0 Å². The van der Waals surface area contributed by atoms with Gasteiger partial charge in [-0.2, -0.15) is 5.26 Å². The number of nitrogens with zero attached hydrogens (tertiary/aromatic N) is 1. The van der Waals surface area contributed by atoms with Gasteiger partial charge in [0, 0.05) is 25.6 Å².